The second-order valence-corrected chi connectivity index (χ2v) is 10.2. The minimum atomic E-state index is -2.94. The Balaban J connectivity index is 1.60. The Labute approximate surface area is 136 Å². The van der Waals surface area contributed by atoms with E-state index in [2.05, 4.69) is 10.2 Å². The van der Waals surface area contributed by atoms with Crippen LogP contribution in [0, 0.1) is 0 Å². The van der Waals surface area contributed by atoms with E-state index in [0.717, 1.165) is 38.0 Å². The van der Waals surface area contributed by atoms with Crippen molar-refractivity contribution in [3.8, 4) is 0 Å². The van der Waals surface area contributed by atoms with Gasteiger partial charge in [0, 0.05) is 17.4 Å². The largest absolute Gasteiger partial charge is 0.416 e. The summed E-state index contributed by atoms with van der Waals surface area (Å²) < 4.78 is 29.3. The van der Waals surface area contributed by atoms with Crippen molar-refractivity contribution in [1.29, 1.82) is 0 Å². The zero-order valence-electron chi connectivity index (χ0n) is 13.0. The minimum absolute atomic E-state index is 0.209. The Morgan fingerprint density at radius 2 is 1.82 bits per heavy atom. The van der Waals surface area contributed by atoms with E-state index < -0.39 is 9.84 Å². The molecule has 7 heteroatoms. The predicted octanol–water partition coefficient (Wildman–Crippen LogP) is 3.57. The lowest BCUT2D eigenvalue weighted by Crippen LogP contribution is -2.28. The second-order valence-electron chi connectivity index (χ2n) is 6.60. The van der Waals surface area contributed by atoms with Crippen LogP contribution in [-0.4, -0.2) is 35.4 Å². The molecule has 5 nitrogen and oxygen atoms in total. The van der Waals surface area contributed by atoms with E-state index in [4.69, 9.17) is 4.42 Å². The summed E-state index contributed by atoms with van der Waals surface area (Å²) in [6.45, 7) is 0. The van der Waals surface area contributed by atoms with Crippen molar-refractivity contribution in [3.63, 3.8) is 0 Å². The number of aromatic nitrogens is 2. The van der Waals surface area contributed by atoms with E-state index in [1.165, 1.54) is 25.5 Å². The molecule has 2 aliphatic carbocycles. The van der Waals surface area contributed by atoms with Crippen LogP contribution < -0.4 is 0 Å². The van der Waals surface area contributed by atoms with Gasteiger partial charge in [0.2, 0.25) is 5.89 Å². The lowest BCUT2D eigenvalue weighted by molar-refractivity contribution is 0.333. The van der Waals surface area contributed by atoms with Gasteiger partial charge in [0.25, 0.3) is 5.22 Å². The average Bonchev–Trinajstić information content (AvgIpc) is 2.96. The summed E-state index contributed by atoms with van der Waals surface area (Å²) in [5.74, 6) is 1.20. The highest BCUT2D eigenvalue weighted by atomic mass is 32.2. The molecule has 0 aliphatic heterocycles. The van der Waals surface area contributed by atoms with Crippen molar-refractivity contribution in [2.45, 2.75) is 79.4 Å². The van der Waals surface area contributed by atoms with Gasteiger partial charge in [-0.05, 0) is 32.1 Å². The highest BCUT2D eigenvalue weighted by Crippen LogP contribution is 2.37. The number of thioether (sulfide) groups is 1. The van der Waals surface area contributed by atoms with Crippen LogP contribution in [-0.2, 0) is 9.84 Å². The second kappa shape index (κ2) is 6.91. The Hall–Kier alpha value is -0.560. The fraction of sp³-hybridized carbons (Fsp3) is 0.867. The summed E-state index contributed by atoms with van der Waals surface area (Å²) in [6.07, 6.45) is 10.9. The molecule has 22 heavy (non-hydrogen) atoms. The van der Waals surface area contributed by atoms with E-state index >= 15 is 0 Å². The summed E-state index contributed by atoms with van der Waals surface area (Å²) >= 11 is 1.56. The molecule has 1 heterocycles. The van der Waals surface area contributed by atoms with Crippen molar-refractivity contribution in [2.24, 2.45) is 0 Å². The molecule has 0 amide bonds. The van der Waals surface area contributed by atoms with Crippen LogP contribution in [0.15, 0.2) is 9.64 Å². The Kier molecular flexibility index (Phi) is 5.12. The maximum absolute atomic E-state index is 11.7. The molecule has 2 fully saturated rings. The number of sulfone groups is 1. The quantitative estimate of drug-likeness (QED) is 0.831. The normalized spacial score (nSPS) is 27.9. The van der Waals surface area contributed by atoms with E-state index in [-0.39, 0.29) is 10.5 Å². The maximum atomic E-state index is 11.7. The van der Waals surface area contributed by atoms with Gasteiger partial charge in [-0.1, -0.05) is 37.4 Å². The van der Waals surface area contributed by atoms with Crippen LogP contribution in [0.25, 0.3) is 0 Å². The van der Waals surface area contributed by atoms with Crippen LogP contribution in [0.5, 0.6) is 0 Å². The van der Waals surface area contributed by atoms with Crippen LogP contribution in [0.3, 0.4) is 0 Å². The minimum Gasteiger partial charge on any atom is -0.416 e. The molecule has 3 rings (SSSR count). The maximum Gasteiger partial charge on any atom is 0.276 e. The lowest BCUT2D eigenvalue weighted by atomic mass is 9.89. The van der Waals surface area contributed by atoms with Crippen molar-refractivity contribution >= 4 is 21.6 Å². The van der Waals surface area contributed by atoms with Gasteiger partial charge in [-0.2, -0.15) is 0 Å². The van der Waals surface area contributed by atoms with Gasteiger partial charge in [0.15, 0.2) is 0 Å². The first-order chi connectivity index (χ1) is 10.5. The summed E-state index contributed by atoms with van der Waals surface area (Å²) in [4.78, 5) is 0. The van der Waals surface area contributed by atoms with Crippen LogP contribution in [0.1, 0.15) is 69.6 Å². The zero-order chi connectivity index (χ0) is 15.6. The van der Waals surface area contributed by atoms with E-state index in [1.54, 1.807) is 11.8 Å². The molecule has 1 aromatic heterocycles. The van der Waals surface area contributed by atoms with Crippen LogP contribution >= 0.6 is 11.8 Å². The van der Waals surface area contributed by atoms with Crippen LogP contribution in [0.4, 0.5) is 0 Å². The molecular weight excluding hydrogens is 320 g/mol. The lowest BCUT2D eigenvalue weighted by Gasteiger charge is -2.26. The molecular formula is C15H24N2O3S2. The third-order valence-corrected chi connectivity index (χ3v) is 7.59. The van der Waals surface area contributed by atoms with Gasteiger partial charge in [0.05, 0.1) is 5.25 Å². The molecule has 2 saturated carbocycles. The number of hydrogen-bond donors (Lipinski definition) is 0. The standard InChI is InChI=1S/C15H24N2O3S2/c1-22(18,19)13-9-5-8-12(10-13)21-15-17-16-14(20-15)11-6-3-2-4-7-11/h11-13H,2-10H2,1H3/t12-,13-/m0/s1. The van der Waals surface area contributed by atoms with Crippen LogP contribution in [0.2, 0.25) is 0 Å². The molecule has 124 valence electrons. The summed E-state index contributed by atoms with van der Waals surface area (Å²) in [6, 6.07) is 0. The van der Waals surface area contributed by atoms with Gasteiger partial charge < -0.3 is 4.42 Å². The highest BCUT2D eigenvalue weighted by molar-refractivity contribution is 7.99. The SMILES string of the molecule is CS(=O)(=O)[C@H]1CCC[C@H](Sc2nnc(C3CCCCC3)o2)C1. The fourth-order valence-corrected chi connectivity index (χ4v) is 5.94. The molecule has 0 saturated heterocycles. The first kappa shape index (κ1) is 16.3. The molecule has 0 bridgehead atoms. The molecule has 0 spiro atoms. The molecule has 2 aliphatic rings. The number of nitrogens with zero attached hydrogens (tertiary/aromatic N) is 2. The monoisotopic (exact) mass is 344 g/mol. The topological polar surface area (TPSA) is 73.1 Å². The predicted molar refractivity (Wildman–Crippen MR) is 86.9 cm³/mol. The summed E-state index contributed by atoms with van der Waals surface area (Å²) in [5.41, 5.74) is 0. The molecule has 1 aromatic rings. The summed E-state index contributed by atoms with van der Waals surface area (Å²) in [5, 5.41) is 9.06. The Bertz CT molecular complexity index is 594. The Morgan fingerprint density at radius 3 is 2.55 bits per heavy atom. The van der Waals surface area contributed by atoms with Gasteiger partial charge >= 0.3 is 0 Å². The fourth-order valence-electron chi connectivity index (χ4n) is 3.52. The van der Waals surface area contributed by atoms with Gasteiger partial charge in [0.1, 0.15) is 9.84 Å². The number of hydrogen-bond acceptors (Lipinski definition) is 6. The van der Waals surface area contributed by atoms with Crippen molar-refractivity contribution < 1.29 is 12.8 Å². The van der Waals surface area contributed by atoms with Gasteiger partial charge in [-0.3, -0.25) is 0 Å². The first-order valence-corrected chi connectivity index (χ1v) is 11.0. The molecule has 0 radical (unpaired) electrons. The Morgan fingerprint density at radius 1 is 1.05 bits per heavy atom. The smallest absolute Gasteiger partial charge is 0.276 e. The van der Waals surface area contributed by atoms with Gasteiger partial charge in [-0.15, -0.1) is 10.2 Å². The molecule has 0 N–H and O–H groups in total. The third-order valence-electron chi connectivity index (χ3n) is 4.83. The van der Waals surface area contributed by atoms with Crippen molar-refractivity contribution in [1.82, 2.24) is 10.2 Å². The number of rotatable bonds is 4. The zero-order valence-corrected chi connectivity index (χ0v) is 14.7. The highest BCUT2D eigenvalue weighted by Gasteiger charge is 2.30. The van der Waals surface area contributed by atoms with E-state index in [0.29, 0.717) is 17.6 Å². The molecule has 0 aromatic carbocycles. The molecule has 0 unspecified atom stereocenters. The van der Waals surface area contributed by atoms with Crippen molar-refractivity contribution in [3.05, 3.63) is 5.89 Å². The third kappa shape index (κ3) is 4.04. The van der Waals surface area contributed by atoms with Gasteiger partial charge in [-0.25, -0.2) is 8.42 Å². The summed E-state index contributed by atoms with van der Waals surface area (Å²) in [7, 11) is -2.94. The first-order valence-electron chi connectivity index (χ1n) is 8.21. The van der Waals surface area contributed by atoms with Crippen molar-refractivity contribution in [2.75, 3.05) is 6.26 Å². The average molecular weight is 345 g/mol. The molecule has 2 atom stereocenters. The van der Waals surface area contributed by atoms with E-state index in [9.17, 15) is 8.42 Å². The van der Waals surface area contributed by atoms with E-state index in [1.807, 2.05) is 0 Å².